The Morgan fingerprint density at radius 3 is 1.87 bits per heavy atom. The van der Waals surface area contributed by atoms with Crippen molar-refractivity contribution in [3.05, 3.63) is 71.8 Å². The Bertz CT molecular complexity index is 1260. The van der Waals surface area contributed by atoms with Crippen LogP contribution >= 0.6 is 0 Å². The number of aliphatic hydroxyl groups excluding tert-OH is 1. The van der Waals surface area contributed by atoms with Gasteiger partial charge in [0.15, 0.2) is 0 Å². The van der Waals surface area contributed by atoms with E-state index in [2.05, 4.69) is 31.2 Å². The normalized spacial score (nSPS) is 42.2. The van der Waals surface area contributed by atoms with Crippen LogP contribution in [0.15, 0.2) is 60.7 Å². The number of hydrogen-bond donors (Lipinski definition) is 2. The van der Waals surface area contributed by atoms with E-state index in [1.165, 1.54) is 0 Å². The first kappa shape index (κ1) is 32.6. The lowest BCUT2D eigenvalue weighted by Crippen LogP contribution is -2.64. The fraction of sp³-hybridized carbons (Fsp3) is 0.676. The van der Waals surface area contributed by atoms with Crippen LogP contribution in [0.4, 0.5) is 0 Å². The standard InChI is InChI=1S/C37H50O9/c1-36(39)14-13-26-27(45-35(36)21-38)17-29-28(42-26)18-30-31(43-29)19-33-32(44-30)20-34(41-23-25-11-7-4-8-12-25)37(2,46-33)15-16-40-22-24-9-5-3-6-10-24/h3-12,26-35,38-39H,13-23H2,1-2H3/t26-,27+,28+,29-,30-,31+,32+,33-,34-,35-,36+,37+/m0/s1. The molecule has 0 aliphatic carbocycles. The summed E-state index contributed by atoms with van der Waals surface area (Å²) >= 11 is 0. The van der Waals surface area contributed by atoms with Crippen LogP contribution in [0.1, 0.15) is 69.9 Å². The second-order valence-electron chi connectivity index (χ2n) is 14.4. The van der Waals surface area contributed by atoms with Crippen LogP contribution in [0.25, 0.3) is 0 Å². The maximum absolute atomic E-state index is 10.9. The minimum Gasteiger partial charge on any atom is -0.394 e. The topological polar surface area (TPSA) is 105 Å². The summed E-state index contributed by atoms with van der Waals surface area (Å²) in [5, 5.41) is 20.8. The van der Waals surface area contributed by atoms with Crippen molar-refractivity contribution in [3.63, 3.8) is 0 Å². The van der Waals surface area contributed by atoms with E-state index in [0.717, 1.165) is 30.4 Å². The van der Waals surface area contributed by atoms with Gasteiger partial charge in [0.05, 0.1) is 86.0 Å². The molecule has 12 atom stereocenters. The molecule has 0 spiro atoms. The van der Waals surface area contributed by atoms with Crippen LogP contribution in [-0.2, 0) is 46.4 Å². The lowest BCUT2D eigenvalue weighted by Gasteiger charge is -2.55. The molecular weight excluding hydrogens is 588 g/mol. The molecular formula is C37H50O9. The van der Waals surface area contributed by atoms with E-state index < -0.39 is 17.3 Å². The van der Waals surface area contributed by atoms with E-state index in [9.17, 15) is 10.2 Å². The highest BCUT2D eigenvalue weighted by molar-refractivity contribution is 5.14. The minimum absolute atomic E-state index is 0.0871. The van der Waals surface area contributed by atoms with Gasteiger partial charge in [-0.2, -0.15) is 0 Å². The van der Waals surface area contributed by atoms with Gasteiger partial charge in [0.1, 0.15) is 6.10 Å². The van der Waals surface area contributed by atoms with Crippen molar-refractivity contribution >= 4 is 0 Å². The van der Waals surface area contributed by atoms with Crippen molar-refractivity contribution < 1.29 is 43.4 Å². The van der Waals surface area contributed by atoms with Crippen molar-refractivity contribution in [2.75, 3.05) is 13.2 Å². The van der Waals surface area contributed by atoms with Crippen molar-refractivity contribution in [1.82, 2.24) is 0 Å². The highest BCUT2D eigenvalue weighted by Gasteiger charge is 2.55. The van der Waals surface area contributed by atoms with Crippen molar-refractivity contribution in [2.45, 2.75) is 144 Å². The Labute approximate surface area is 272 Å². The first-order chi connectivity index (χ1) is 22.3. The average molecular weight is 639 g/mol. The molecule has 5 saturated heterocycles. The van der Waals surface area contributed by atoms with Crippen molar-refractivity contribution in [2.24, 2.45) is 0 Å². The second-order valence-corrected chi connectivity index (χ2v) is 14.4. The third kappa shape index (κ3) is 7.09. The van der Waals surface area contributed by atoms with Gasteiger partial charge in [0.25, 0.3) is 0 Å². The highest BCUT2D eigenvalue weighted by Crippen LogP contribution is 2.46. The van der Waals surface area contributed by atoms with Gasteiger partial charge in [0, 0.05) is 38.7 Å². The molecule has 0 unspecified atom stereocenters. The molecule has 2 aromatic rings. The smallest absolute Gasteiger partial charge is 0.109 e. The van der Waals surface area contributed by atoms with E-state index in [-0.39, 0.29) is 61.5 Å². The Morgan fingerprint density at radius 1 is 0.696 bits per heavy atom. The maximum atomic E-state index is 10.9. The van der Waals surface area contributed by atoms with E-state index in [4.69, 9.17) is 33.2 Å². The largest absolute Gasteiger partial charge is 0.394 e. The quantitative estimate of drug-likeness (QED) is 0.385. The molecule has 2 aromatic carbocycles. The summed E-state index contributed by atoms with van der Waals surface area (Å²) in [4.78, 5) is 0. The molecule has 0 bridgehead atoms. The zero-order valence-corrected chi connectivity index (χ0v) is 27.1. The number of hydrogen-bond acceptors (Lipinski definition) is 9. The van der Waals surface area contributed by atoms with E-state index in [1.54, 1.807) is 6.92 Å². The highest BCUT2D eigenvalue weighted by atomic mass is 16.6. The molecule has 0 radical (unpaired) electrons. The molecule has 5 fully saturated rings. The van der Waals surface area contributed by atoms with E-state index >= 15 is 0 Å². The summed E-state index contributed by atoms with van der Waals surface area (Å²) in [6, 6.07) is 20.5. The third-order valence-corrected chi connectivity index (χ3v) is 10.9. The van der Waals surface area contributed by atoms with Crippen LogP contribution < -0.4 is 0 Å². The van der Waals surface area contributed by atoms with Crippen molar-refractivity contribution in [3.8, 4) is 0 Å². The molecule has 5 heterocycles. The van der Waals surface area contributed by atoms with Gasteiger partial charge in [-0.05, 0) is 37.8 Å². The van der Waals surface area contributed by atoms with E-state index in [0.29, 0.717) is 45.5 Å². The molecule has 9 nitrogen and oxygen atoms in total. The summed E-state index contributed by atoms with van der Waals surface area (Å²) in [6.07, 6.45) is 3.00. The third-order valence-electron chi connectivity index (χ3n) is 10.9. The van der Waals surface area contributed by atoms with Crippen LogP contribution in [0.2, 0.25) is 0 Å². The SMILES string of the molecule is C[C@]1(CCOCc2ccccc2)O[C@H]2C[C@H]3O[C@H]4C[C@H]5O[C@@H](CO)[C@](C)(O)CC[C@@H]5O[C@@H]4C[C@@H]3O[C@@H]2C[C@@H]1OCc1ccccc1. The van der Waals surface area contributed by atoms with Gasteiger partial charge in [0.2, 0.25) is 0 Å². The summed E-state index contributed by atoms with van der Waals surface area (Å²) in [7, 11) is 0. The molecule has 7 rings (SSSR count). The molecule has 2 N–H and O–H groups in total. The van der Waals surface area contributed by atoms with Gasteiger partial charge in [-0.25, -0.2) is 0 Å². The average Bonchev–Trinajstić information content (AvgIpc) is 3.18. The lowest BCUT2D eigenvalue weighted by atomic mass is 9.80. The van der Waals surface area contributed by atoms with Crippen LogP contribution in [0.3, 0.4) is 0 Å². The molecule has 0 saturated carbocycles. The summed E-state index contributed by atoms with van der Waals surface area (Å²) < 4.78 is 46.0. The van der Waals surface area contributed by atoms with Crippen LogP contribution in [0, 0.1) is 0 Å². The second kappa shape index (κ2) is 13.9. The molecule has 46 heavy (non-hydrogen) atoms. The number of rotatable bonds is 9. The maximum Gasteiger partial charge on any atom is 0.109 e. The lowest BCUT2D eigenvalue weighted by molar-refractivity contribution is -0.321. The fourth-order valence-corrected chi connectivity index (χ4v) is 8.10. The molecule has 252 valence electrons. The first-order valence-corrected chi connectivity index (χ1v) is 17.2. The molecule has 5 aliphatic heterocycles. The first-order valence-electron chi connectivity index (χ1n) is 17.2. The summed E-state index contributed by atoms with van der Waals surface area (Å²) in [5.41, 5.74) is 0.638. The van der Waals surface area contributed by atoms with Gasteiger partial charge in [-0.3, -0.25) is 0 Å². The predicted octanol–water partition coefficient (Wildman–Crippen LogP) is 4.49. The number of aliphatic hydroxyl groups is 2. The van der Waals surface area contributed by atoms with E-state index in [1.807, 2.05) is 36.4 Å². The number of fused-ring (bicyclic) bond motifs is 4. The molecule has 5 aliphatic rings. The predicted molar refractivity (Wildman–Crippen MR) is 169 cm³/mol. The van der Waals surface area contributed by atoms with Gasteiger partial charge >= 0.3 is 0 Å². The van der Waals surface area contributed by atoms with Gasteiger partial charge in [-0.15, -0.1) is 0 Å². The minimum atomic E-state index is -1.09. The van der Waals surface area contributed by atoms with Gasteiger partial charge < -0.3 is 43.4 Å². The molecule has 9 heteroatoms. The Morgan fingerprint density at radius 2 is 1.24 bits per heavy atom. The van der Waals surface area contributed by atoms with Crippen LogP contribution in [-0.4, -0.2) is 95.7 Å². The Kier molecular flexibility index (Phi) is 9.86. The number of ether oxygens (including phenoxy) is 7. The zero-order valence-electron chi connectivity index (χ0n) is 27.1. The van der Waals surface area contributed by atoms with Gasteiger partial charge in [-0.1, -0.05) is 60.7 Å². The van der Waals surface area contributed by atoms with Crippen LogP contribution in [0.5, 0.6) is 0 Å². The summed E-state index contributed by atoms with van der Waals surface area (Å²) in [6.45, 7) is 5.29. The Hall–Kier alpha value is -1.92. The zero-order chi connectivity index (χ0) is 31.7. The Balaban J connectivity index is 1.01. The monoisotopic (exact) mass is 638 g/mol. The summed E-state index contributed by atoms with van der Waals surface area (Å²) in [5.74, 6) is 0. The molecule has 0 aromatic heterocycles. The molecule has 0 amide bonds. The fourth-order valence-electron chi connectivity index (χ4n) is 8.10. The number of benzene rings is 2. The van der Waals surface area contributed by atoms with Crippen molar-refractivity contribution in [1.29, 1.82) is 0 Å².